The van der Waals surface area contributed by atoms with E-state index in [2.05, 4.69) is 5.32 Å². The first-order valence-corrected chi connectivity index (χ1v) is 7.32. The third kappa shape index (κ3) is 4.04. The molecule has 1 atom stereocenters. The lowest BCUT2D eigenvalue weighted by Gasteiger charge is -2.33. The fraction of sp³-hybridized carbons (Fsp3) is 0.500. The second-order valence-electron chi connectivity index (χ2n) is 5.63. The lowest BCUT2D eigenvalue weighted by atomic mass is 9.92. The highest BCUT2D eigenvalue weighted by Gasteiger charge is 2.25. The van der Waals surface area contributed by atoms with Gasteiger partial charge in [0.15, 0.2) is 5.78 Å². The van der Waals surface area contributed by atoms with Crippen molar-refractivity contribution in [2.45, 2.75) is 32.8 Å². The molecule has 1 aliphatic heterocycles. The van der Waals surface area contributed by atoms with E-state index >= 15 is 0 Å². The summed E-state index contributed by atoms with van der Waals surface area (Å²) in [6.07, 6.45) is 1.34. The number of nitrogens with one attached hydrogen (secondary N) is 1. The van der Waals surface area contributed by atoms with E-state index in [0.29, 0.717) is 24.3 Å². The lowest BCUT2D eigenvalue weighted by Crippen LogP contribution is -2.42. The van der Waals surface area contributed by atoms with Crippen molar-refractivity contribution >= 4 is 17.5 Å². The fourth-order valence-electron chi connectivity index (χ4n) is 2.58. The first-order chi connectivity index (χ1) is 9.97. The minimum Gasteiger partial charge on any atom is -0.393 e. The number of hydrogen-bond acceptors (Lipinski definition) is 3. The molecule has 1 saturated heterocycles. The molecule has 21 heavy (non-hydrogen) atoms. The summed E-state index contributed by atoms with van der Waals surface area (Å²) < 4.78 is 0. The van der Waals surface area contributed by atoms with Crippen LogP contribution in [0.5, 0.6) is 0 Å². The van der Waals surface area contributed by atoms with Crippen LogP contribution >= 0.6 is 0 Å². The number of piperidine rings is 1. The number of urea groups is 1. The van der Waals surface area contributed by atoms with Crippen LogP contribution in [0.2, 0.25) is 0 Å². The smallest absolute Gasteiger partial charge is 0.321 e. The number of hydrogen-bond donors (Lipinski definition) is 2. The summed E-state index contributed by atoms with van der Waals surface area (Å²) in [6.45, 7) is 4.64. The van der Waals surface area contributed by atoms with Crippen molar-refractivity contribution < 1.29 is 14.7 Å². The third-order valence-corrected chi connectivity index (χ3v) is 4.05. The number of Topliss-reactive ketones (excluding diaryl/α,β-unsaturated/α-hetero) is 1. The molecule has 1 aromatic carbocycles. The SMILES string of the molecule is CC(=O)c1ccc(NC(=O)N2CCC(C(C)O)CC2)cc1. The zero-order valence-electron chi connectivity index (χ0n) is 12.5. The zero-order valence-corrected chi connectivity index (χ0v) is 12.5. The van der Waals surface area contributed by atoms with Crippen molar-refractivity contribution in [1.82, 2.24) is 4.90 Å². The third-order valence-electron chi connectivity index (χ3n) is 4.05. The normalized spacial score (nSPS) is 17.4. The number of ketones is 1. The molecule has 2 N–H and O–H groups in total. The number of likely N-dealkylation sites (tertiary alicyclic amines) is 1. The van der Waals surface area contributed by atoms with Gasteiger partial charge >= 0.3 is 6.03 Å². The van der Waals surface area contributed by atoms with Gasteiger partial charge in [0.05, 0.1) is 6.10 Å². The highest BCUT2D eigenvalue weighted by Crippen LogP contribution is 2.21. The standard InChI is InChI=1S/C16H22N2O3/c1-11(19)13-3-5-15(6-4-13)17-16(21)18-9-7-14(8-10-18)12(2)20/h3-6,12,14,20H,7-10H2,1-2H3,(H,17,21). The minimum atomic E-state index is -0.311. The average molecular weight is 290 g/mol. The molecule has 0 saturated carbocycles. The van der Waals surface area contributed by atoms with Gasteiger partial charge in [-0.1, -0.05) is 0 Å². The summed E-state index contributed by atoms with van der Waals surface area (Å²) in [4.78, 5) is 25.1. The van der Waals surface area contributed by atoms with Gasteiger partial charge in [0.1, 0.15) is 0 Å². The van der Waals surface area contributed by atoms with Crippen LogP contribution in [0.1, 0.15) is 37.0 Å². The Kier molecular flexibility index (Phi) is 4.96. The van der Waals surface area contributed by atoms with Crippen molar-refractivity contribution in [3.8, 4) is 0 Å². The maximum absolute atomic E-state index is 12.1. The summed E-state index contributed by atoms with van der Waals surface area (Å²) in [7, 11) is 0. The molecule has 5 nitrogen and oxygen atoms in total. The van der Waals surface area contributed by atoms with Crippen LogP contribution < -0.4 is 5.32 Å². The van der Waals surface area contributed by atoms with E-state index in [1.165, 1.54) is 6.92 Å². The molecule has 0 aliphatic carbocycles. The monoisotopic (exact) mass is 290 g/mol. The molecule has 2 amide bonds. The molecule has 0 bridgehead atoms. The van der Waals surface area contributed by atoms with Crippen LogP contribution in [-0.4, -0.2) is 41.0 Å². The van der Waals surface area contributed by atoms with E-state index in [1.54, 1.807) is 36.1 Å². The van der Waals surface area contributed by atoms with E-state index in [4.69, 9.17) is 0 Å². The van der Waals surface area contributed by atoms with Crippen LogP contribution in [0.3, 0.4) is 0 Å². The molecule has 114 valence electrons. The van der Waals surface area contributed by atoms with Gasteiger partial charge in [-0.15, -0.1) is 0 Å². The van der Waals surface area contributed by atoms with Gasteiger partial charge in [0.2, 0.25) is 0 Å². The number of carbonyl (C=O) groups is 2. The molecule has 1 aliphatic rings. The van der Waals surface area contributed by atoms with Gasteiger partial charge in [-0.3, -0.25) is 4.79 Å². The summed E-state index contributed by atoms with van der Waals surface area (Å²) in [5, 5.41) is 12.4. The Bertz CT molecular complexity index is 503. The first kappa shape index (κ1) is 15.5. The first-order valence-electron chi connectivity index (χ1n) is 7.32. The highest BCUT2D eigenvalue weighted by atomic mass is 16.3. The number of benzene rings is 1. The number of aliphatic hydroxyl groups excluding tert-OH is 1. The Balaban J connectivity index is 1.89. The van der Waals surface area contributed by atoms with Crippen molar-refractivity contribution in [1.29, 1.82) is 0 Å². The van der Waals surface area contributed by atoms with Gasteiger partial charge in [-0.2, -0.15) is 0 Å². The van der Waals surface area contributed by atoms with E-state index in [1.807, 2.05) is 0 Å². The average Bonchev–Trinajstić information content (AvgIpc) is 2.47. The van der Waals surface area contributed by atoms with Gasteiger partial charge in [0.25, 0.3) is 0 Å². The molecule has 0 aromatic heterocycles. The van der Waals surface area contributed by atoms with Crippen LogP contribution in [0.4, 0.5) is 10.5 Å². The van der Waals surface area contributed by atoms with Crippen LogP contribution in [0.25, 0.3) is 0 Å². The summed E-state index contributed by atoms with van der Waals surface area (Å²) >= 11 is 0. The van der Waals surface area contributed by atoms with E-state index < -0.39 is 0 Å². The molecule has 1 unspecified atom stereocenters. The van der Waals surface area contributed by atoms with Crippen LogP contribution in [-0.2, 0) is 0 Å². The van der Waals surface area contributed by atoms with Gasteiger partial charge in [-0.25, -0.2) is 4.79 Å². The molecule has 2 rings (SSSR count). The predicted octanol–water partition coefficient (Wildman–Crippen LogP) is 2.51. The van der Waals surface area contributed by atoms with Gasteiger partial charge in [0, 0.05) is 24.3 Å². The number of nitrogens with zero attached hydrogens (tertiary/aromatic N) is 1. The van der Waals surface area contributed by atoms with Crippen molar-refractivity contribution in [3.05, 3.63) is 29.8 Å². The maximum Gasteiger partial charge on any atom is 0.321 e. The summed E-state index contributed by atoms with van der Waals surface area (Å²) in [5.41, 5.74) is 1.31. The van der Waals surface area contributed by atoms with E-state index in [0.717, 1.165) is 12.8 Å². The Morgan fingerprint density at radius 1 is 1.24 bits per heavy atom. The molecule has 1 fully saturated rings. The van der Waals surface area contributed by atoms with Crippen LogP contribution in [0, 0.1) is 5.92 Å². The second kappa shape index (κ2) is 6.72. The molecule has 1 aromatic rings. The fourth-order valence-corrected chi connectivity index (χ4v) is 2.58. The van der Waals surface area contributed by atoms with E-state index in [9.17, 15) is 14.7 Å². The Labute approximate surface area is 125 Å². The van der Waals surface area contributed by atoms with Gasteiger partial charge < -0.3 is 15.3 Å². The zero-order chi connectivity index (χ0) is 15.4. The molecule has 0 radical (unpaired) electrons. The quantitative estimate of drug-likeness (QED) is 0.840. The molecule has 0 spiro atoms. The van der Waals surface area contributed by atoms with Crippen molar-refractivity contribution in [2.24, 2.45) is 5.92 Å². The maximum atomic E-state index is 12.1. The van der Waals surface area contributed by atoms with E-state index in [-0.39, 0.29) is 23.8 Å². The molecular weight excluding hydrogens is 268 g/mol. The topological polar surface area (TPSA) is 69.6 Å². The van der Waals surface area contributed by atoms with Crippen molar-refractivity contribution in [3.63, 3.8) is 0 Å². The number of rotatable bonds is 3. The summed E-state index contributed by atoms with van der Waals surface area (Å²) in [5.74, 6) is 0.289. The highest BCUT2D eigenvalue weighted by molar-refractivity contribution is 5.95. The largest absolute Gasteiger partial charge is 0.393 e. The molecule has 1 heterocycles. The minimum absolute atomic E-state index is 0.00747. The Morgan fingerprint density at radius 3 is 2.29 bits per heavy atom. The number of anilines is 1. The Hall–Kier alpha value is -1.88. The van der Waals surface area contributed by atoms with Crippen LogP contribution in [0.15, 0.2) is 24.3 Å². The Morgan fingerprint density at radius 2 is 1.81 bits per heavy atom. The molecule has 5 heteroatoms. The predicted molar refractivity (Wildman–Crippen MR) is 81.4 cm³/mol. The summed E-state index contributed by atoms with van der Waals surface area (Å²) in [6, 6.07) is 6.75. The lowest BCUT2D eigenvalue weighted by molar-refractivity contribution is 0.0820. The number of aliphatic hydroxyl groups is 1. The van der Waals surface area contributed by atoms with Gasteiger partial charge in [-0.05, 0) is 56.9 Å². The number of amides is 2. The second-order valence-corrected chi connectivity index (χ2v) is 5.63. The van der Waals surface area contributed by atoms with Crippen molar-refractivity contribution in [2.75, 3.05) is 18.4 Å². The molecular formula is C16H22N2O3. The number of carbonyl (C=O) groups excluding carboxylic acids is 2.